The average Bonchev–Trinajstić information content (AvgIpc) is 2.30. The van der Waals surface area contributed by atoms with Crippen molar-refractivity contribution in [2.24, 2.45) is 0 Å². The molecular weight excluding hydrogens is 172 g/mol. The molecule has 0 amide bonds. The van der Waals surface area contributed by atoms with Gasteiger partial charge in [-0.2, -0.15) is 0 Å². The minimum absolute atomic E-state index is 1.00. The fourth-order valence-corrected chi connectivity index (χ4v) is 1.99. The van der Waals surface area contributed by atoms with Gasteiger partial charge in [-0.1, -0.05) is 24.3 Å². The van der Waals surface area contributed by atoms with Crippen LogP contribution in [0.5, 0.6) is 5.75 Å². The molecule has 0 fully saturated rings. The van der Waals surface area contributed by atoms with Crippen molar-refractivity contribution in [2.45, 2.75) is 25.7 Å². The van der Waals surface area contributed by atoms with Crippen LogP contribution >= 0.6 is 0 Å². The van der Waals surface area contributed by atoms with Gasteiger partial charge in [0.1, 0.15) is 5.75 Å². The topological polar surface area (TPSA) is 9.23 Å². The summed E-state index contributed by atoms with van der Waals surface area (Å²) in [4.78, 5) is 0. The number of rotatable bonds is 2. The Morgan fingerprint density at radius 1 is 1.14 bits per heavy atom. The second kappa shape index (κ2) is 4.32. The van der Waals surface area contributed by atoms with E-state index in [9.17, 15) is 0 Å². The van der Waals surface area contributed by atoms with Crippen LogP contribution in [-0.4, -0.2) is 7.11 Å². The number of hydrogen-bond donors (Lipinski definition) is 0. The Hall–Kier alpha value is -1.24. The third-order valence-electron chi connectivity index (χ3n) is 2.74. The Labute approximate surface area is 85.4 Å². The molecule has 0 spiro atoms. The maximum Gasteiger partial charge on any atom is 0.126 e. The van der Waals surface area contributed by atoms with Crippen LogP contribution in [0.15, 0.2) is 30.3 Å². The summed E-state index contributed by atoms with van der Waals surface area (Å²) in [5.41, 5.74) is 2.73. The van der Waals surface area contributed by atoms with Gasteiger partial charge in [-0.3, -0.25) is 0 Å². The van der Waals surface area contributed by atoms with Gasteiger partial charge in [0.2, 0.25) is 0 Å². The molecule has 74 valence electrons. The van der Waals surface area contributed by atoms with E-state index in [0.717, 1.165) is 5.75 Å². The van der Waals surface area contributed by atoms with Crippen LogP contribution in [0.3, 0.4) is 0 Å². The highest BCUT2D eigenvalue weighted by molar-refractivity contribution is 5.70. The lowest BCUT2D eigenvalue weighted by molar-refractivity contribution is 0.413. The number of methoxy groups -OCH3 is 1. The van der Waals surface area contributed by atoms with E-state index >= 15 is 0 Å². The van der Waals surface area contributed by atoms with Gasteiger partial charge in [-0.15, -0.1) is 0 Å². The molecule has 0 bridgehead atoms. The van der Waals surface area contributed by atoms with E-state index < -0.39 is 0 Å². The van der Waals surface area contributed by atoms with Crippen LogP contribution in [0.2, 0.25) is 0 Å². The van der Waals surface area contributed by atoms with E-state index in [-0.39, 0.29) is 0 Å². The summed E-state index contributed by atoms with van der Waals surface area (Å²) in [5.74, 6) is 1.00. The summed E-state index contributed by atoms with van der Waals surface area (Å²) in [5, 5.41) is 0. The Bertz CT molecular complexity index is 339. The van der Waals surface area contributed by atoms with E-state index in [4.69, 9.17) is 4.74 Å². The highest BCUT2D eigenvalue weighted by Crippen LogP contribution is 2.32. The third-order valence-corrected chi connectivity index (χ3v) is 2.74. The summed E-state index contributed by atoms with van der Waals surface area (Å²) in [6.07, 6.45) is 7.40. The van der Waals surface area contributed by atoms with Crippen molar-refractivity contribution in [2.75, 3.05) is 7.11 Å². The summed E-state index contributed by atoms with van der Waals surface area (Å²) < 4.78 is 5.36. The quantitative estimate of drug-likeness (QED) is 0.688. The van der Waals surface area contributed by atoms with Gasteiger partial charge in [0.05, 0.1) is 7.11 Å². The lowest BCUT2D eigenvalue weighted by atomic mass is 9.93. The predicted octanol–water partition coefficient (Wildman–Crippen LogP) is 3.65. The molecule has 1 aromatic rings. The number of ether oxygens (including phenoxy) is 1. The largest absolute Gasteiger partial charge is 0.496 e. The molecule has 0 saturated heterocycles. The molecule has 0 heterocycles. The van der Waals surface area contributed by atoms with Crippen LogP contribution in [0, 0.1) is 0 Å². The van der Waals surface area contributed by atoms with Gasteiger partial charge >= 0.3 is 0 Å². The lowest BCUT2D eigenvalue weighted by Crippen LogP contribution is -1.95. The minimum atomic E-state index is 1.00. The first kappa shape index (κ1) is 9.32. The first-order valence-corrected chi connectivity index (χ1v) is 5.24. The van der Waals surface area contributed by atoms with E-state index in [0.29, 0.717) is 0 Å². The SMILES string of the molecule is COc1ccccc1C1=CCCCC1. The normalized spacial score (nSPS) is 16.2. The van der Waals surface area contributed by atoms with Crippen LogP contribution < -0.4 is 4.74 Å². The van der Waals surface area contributed by atoms with Gasteiger partial charge in [0.25, 0.3) is 0 Å². The predicted molar refractivity (Wildman–Crippen MR) is 59.4 cm³/mol. The van der Waals surface area contributed by atoms with Crippen molar-refractivity contribution in [3.8, 4) is 5.75 Å². The zero-order valence-electron chi connectivity index (χ0n) is 8.62. The van der Waals surface area contributed by atoms with Crippen molar-refractivity contribution in [3.05, 3.63) is 35.9 Å². The van der Waals surface area contributed by atoms with Gasteiger partial charge < -0.3 is 4.74 Å². The zero-order valence-corrected chi connectivity index (χ0v) is 8.62. The Morgan fingerprint density at radius 3 is 2.71 bits per heavy atom. The van der Waals surface area contributed by atoms with Gasteiger partial charge in [0, 0.05) is 5.56 Å². The fourth-order valence-electron chi connectivity index (χ4n) is 1.99. The van der Waals surface area contributed by atoms with Crippen molar-refractivity contribution in [1.29, 1.82) is 0 Å². The number of benzene rings is 1. The summed E-state index contributed by atoms with van der Waals surface area (Å²) in [7, 11) is 1.74. The zero-order chi connectivity index (χ0) is 9.80. The van der Waals surface area contributed by atoms with Gasteiger partial charge in [-0.25, -0.2) is 0 Å². The maximum atomic E-state index is 5.36. The number of allylic oxidation sites excluding steroid dienone is 2. The average molecular weight is 188 g/mol. The van der Waals surface area contributed by atoms with Crippen molar-refractivity contribution >= 4 is 5.57 Å². The Balaban J connectivity index is 2.34. The van der Waals surface area contributed by atoms with E-state index in [2.05, 4.69) is 18.2 Å². The van der Waals surface area contributed by atoms with E-state index in [1.54, 1.807) is 7.11 Å². The highest BCUT2D eigenvalue weighted by Gasteiger charge is 2.09. The standard InChI is InChI=1S/C13H16O/c1-14-13-10-6-5-9-12(13)11-7-3-2-4-8-11/h5-7,9-10H,2-4,8H2,1H3. The van der Waals surface area contributed by atoms with Gasteiger partial charge in [0.15, 0.2) is 0 Å². The molecular formula is C13H16O. The molecule has 2 rings (SSSR count). The molecule has 0 unspecified atom stereocenters. The first-order chi connectivity index (χ1) is 6.92. The first-order valence-electron chi connectivity index (χ1n) is 5.24. The van der Waals surface area contributed by atoms with Crippen LogP contribution in [0.1, 0.15) is 31.2 Å². The van der Waals surface area contributed by atoms with Crippen molar-refractivity contribution in [3.63, 3.8) is 0 Å². The van der Waals surface area contributed by atoms with Crippen LogP contribution in [0.25, 0.3) is 5.57 Å². The summed E-state index contributed by atoms with van der Waals surface area (Å²) in [6, 6.07) is 8.28. The molecule has 0 saturated carbocycles. The summed E-state index contributed by atoms with van der Waals surface area (Å²) in [6.45, 7) is 0. The molecule has 0 atom stereocenters. The second-order valence-electron chi connectivity index (χ2n) is 3.68. The van der Waals surface area contributed by atoms with Crippen molar-refractivity contribution < 1.29 is 4.74 Å². The Morgan fingerprint density at radius 2 is 2.00 bits per heavy atom. The smallest absolute Gasteiger partial charge is 0.126 e. The molecule has 0 aromatic heterocycles. The molecule has 0 N–H and O–H groups in total. The molecule has 14 heavy (non-hydrogen) atoms. The number of para-hydroxylation sites is 1. The maximum absolute atomic E-state index is 5.36. The van der Waals surface area contributed by atoms with Crippen LogP contribution in [-0.2, 0) is 0 Å². The van der Waals surface area contributed by atoms with Crippen LogP contribution in [0.4, 0.5) is 0 Å². The molecule has 1 nitrogen and oxygen atoms in total. The third kappa shape index (κ3) is 1.82. The molecule has 1 aliphatic carbocycles. The van der Waals surface area contributed by atoms with Gasteiger partial charge in [-0.05, 0) is 37.3 Å². The molecule has 1 aliphatic rings. The highest BCUT2D eigenvalue weighted by atomic mass is 16.5. The molecule has 0 aliphatic heterocycles. The molecule has 1 heteroatoms. The minimum Gasteiger partial charge on any atom is -0.496 e. The summed E-state index contributed by atoms with van der Waals surface area (Å²) >= 11 is 0. The Kier molecular flexibility index (Phi) is 2.87. The number of hydrogen-bond acceptors (Lipinski definition) is 1. The molecule has 0 radical (unpaired) electrons. The molecule has 1 aromatic carbocycles. The second-order valence-corrected chi connectivity index (χ2v) is 3.68. The lowest BCUT2D eigenvalue weighted by Gasteiger charge is -2.15. The van der Waals surface area contributed by atoms with Crippen molar-refractivity contribution in [1.82, 2.24) is 0 Å². The van der Waals surface area contributed by atoms with E-state index in [1.165, 1.54) is 36.8 Å². The monoisotopic (exact) mass is 188 g/mol. The van der Waals surface area contributed by atoms with E-state index in [1.807, 2.05) is 12.1 Å². The fraction of sp³-hybridized carbons (Fsp3) is 0.385.